The summed E-state index contributed by atoms with van der Waals surface area (Å²) < 4.78 is 7.57. The number of thiazole rings is 1. The Balaban J connectivity index is 1.29. The van der Waals surface area contributed by atoms with E-state index in [1.165, 1.54) is 30.1 Å². The number of hydrogen-bond donors (Lipinski definition) is 2. The molecule has 150 valence electrons. The number of benzene rings is 2. The number of aromatic carboxylic acids is 1. The number of fused-ring (bicyclic) bond motifs is 1. The molecule has 0 atom stereocenters. The van der Waals surface area contributed by atoms with E-state index in [0.717, 1.165) is 20.1 Å². The van der Waals surface area contributed by atoms with Crippen molar-refractivity contribution in [2.24, 2.45) is 5.10 Å². The zero-order chi connectivity index (χ0) is 20.9. The number of furan rings is 1. The zero-order valence-electron chi connectivity index (χ0n) is 15.4. The van der Waals surface area contributed by atoms with Crippen molar-refractivity contribution in [2.75, 3.05) is 5.75 Å². The number of hydrogen-bond acceptors (Lipinski definition) is 7. The number of nitrogens with one attached hydrogen (secondary N) is 1. The molecule has 1 amide bonds. The van der Waals surface area contributed by atoms with Gasteiger partial charge in [-0.15, -0.1) is 11.3 Å². The summed E-state index contributed by atoms with van der Waals surface area (Å²) in [5, 5.41) is 12.9. The minimum atomic E-state index is -0.981. The lowest BCUT2D eigenvalue weighted by atomic mass is 10.1. The first kappa shape index (κ1) is 19.9. The number of amides is 1. The van der Waals surface area contributed by atoms with E-state index in [2.05, 4.69) is 15.5 Å². The molecule has 0 bridgehead atoms. The first-order valence-electron chi connectivity index (χ1n) is 8.82. The molecular weight excluding hydrogens is 422 g/mol. The van der Waals surface area contributed by atoms with Gasteiger partial charge in [0.25, 0.3) is 5.91 Å². The Morgan fingerprint density at radius 1 is 1.13 bits per heavy atom. The average molecular weight is 438 g/mol. The number of carboxylic acid groups (broad SMARTS) is 1. The molecule has 2 heterocycles. The fraction of sp³-hybridized carbons (Fsp3) is 0.0476. The van der Waals surface area contributed by atoms with Crippen molar-refractivity contribution < 1.29 is 19.1 Å². The molecule has 0 radical (unpaired) electrons. The molecule has 0 unspecified atom stereocenters. The molecule has 0 aliphatic heterocycles. The van der Waals surface area contributed by atoms with Gasteiger partial charge in [0.05, 0.1) is 27.7 Å². The van der Waals surface area contributed by atoms with Crippen LogP contribution in [-0.4, -0.2) is 33.9 Å². The Morgan fingerprint density at radius 2 is 1.93 bits per heavy atom. The van der Waals surface area contributed by atoms with Gasteiger partial charge in [-0.05, 0) is 36.4 Å². The summed E-state index contributed by atoms with van der Waals surface area (Å²) >= 11 is 2.91. The number of thioether (sulfide) groups is 1. The summed E-state index contributed by atoms with van der Waals surface area (Å²) in [5.41, 5.74) is 4.34. The lowest BCUT2D eigenvalue weighted by Gasteiger charge is -1.98. The third kappa shape index (κ3) is 4.76. The first-order chi connectivity index (χ1) is 14.6. The topological polar surface area (TPSA) is 105 Å². The molecule has 2 N–H and O–H groups in total. The van der Waals surface area contributed by atoms with E-state index >= 15 is 0 Å². The monoisotopic (exact) mass is 437 g/mol. The van der Waals surface area contributed by atoms with Crippen molar-refractivity contribution in [3.8, 4) is 11.3 Å². The summed E-state index contributed by atoms with van der Waals surface area (Å²) in [4.78, 5) is 27.4. The molecule has 0 saturated carbocycles. The van der Waals surface area contributed by atoms with Crippen LogP contribution in [0.3, 0.4) is 0 Å². The number of carbonyl (C=O) groups is 2. The minimum absolute atomic E-state index is 0.205. The standard InChI is InChI=1S/C21H15N3O4S2/c25-19(12-29-21-23-16-3-1-2-4-18(16)30-21)24-22-11-15-9-10-17(28-15)13-5-7-14(8-6-13)20(26)27/h1-11H,12H2,(H,24,25)(H,26,27)/b22-11+. The summed E-state index contributed by atoms with van der Waals surface area (Å²) in [6.07, 6.45) is 1.41. The second kappa shape index (κ2) is 8.93. The highest BCUT2D eigenvalue weighted by Crippen LogP contribution is 2.29. The van der Waals surface area contributed by atoms with Crippen LogP contribution in [0.2, 0.25) is 0 Å². The van der Waals surface area contributed by atoms with Crippen molar-refractivity contribution in [3.63, 3.8) is 0 Å². The van der Waals surface area contributed by atoms with E-state index in [0.29, 0.717) is 11.5 Å². The molecule has 2 aromatic carbocycles. The Labute approximate surface area is 179 Å². The number of rotatable bonds is 7. The summed E-state index contributed by atoms with van der Waals surface area (Å²) in [7, 11) is 0. The maximum absolute atomic E-state index is 12.0. The van der Waals surface area contributed by atoms with E-state index in [1.807, 2.05) is 24.3 Å². The lowest BCUT2D eigenvalue weighted by molar-refractivity contribution is -0.118. The Bertz CT molecular complexity index is 1200. The third-order valence-electron chi connectivity index (χ3n) is 4.03. The van der Waals surface area contributed by atoms with Gasteiger partial charge in [0.15, 0.2) is 4.34 Å². The fourth-order valence-electron chi connectivity index (χ4n) is 2.59. The van der Waals surface area contributed by atoms with Crippen molar-refractivity contribution in [1.29, 1.82) is 0 Å². The molecule has 30 heavy (non-hydrogen) atoms. The predicted octanol–water partition coefficient (Wildman–Crippen LogP) is 4.50. The largest absolute Gasteiger partial charge is 0.478 e. The number of carboxylic acids is 1. The van der Waals surface area contributed by atoms with Gasteiger partial charge in [-0.1, -0.05) is 36.0 Å². The second-order valence-corrected chi connectivity index (χ2v) is 8.37. The second-order valence-electron chi connectivity index (χ2n) is 6.11. The summed E-state index contributed by atoms with van der Waals surface area (Å²) in [6, 6.07) is 17.7. The average Bonchev–Trinajstić information content (AvgIpc) is 3.39. The van der Waals surface area contributed by atoms with E-state index in [-0.39, 0.29) is 17.2 Å². The minimum Gasteiger partial charge on any atom is -0.478 e. The van der Waals surface area contributed by atoms with Crippen molar-refractivity contribution in [1.82, 2.24) is 10.4 Å². The highest BCUT2D eigenvalue weighted by atomic mass is 32.2. The van der Waals surface area contributed by atoms with E-state index in [4.69, 9.17) is 9.52 Å². The number of nitrogens with zero attached hydrogens (tertiary/aromatic N) is 2. The van der Waals surface area contributed by atoms with Crippen molar-refractivity contribution in [3.05, 3.63) is 72.0 Å². The van der Waals surface area contributed by atoms with E-state index in [9.17, 15) is 9.59 Å². The molecule has 9 heteroatoms. The van der Waals surface area contributed by atoms with Gasteiger partial charge in [-0.2, -0.15) is 5.10 Å². The zero-order valence-corrected chi connectivity index (χ0v) is 17.1. The highest BCUT2D eigenvalue weighted by Gasteiger charge is 2.08. The van der Waals surface area contributed by atoms with E-state index < -0.39 is 5.97 Å². The number of aromatic nitrogens is 1. The van der Waals surface area contributed by atoms with Crippen molar-refractivity contribution >= 4 is 51.4 Å². The van der Waals surface area contributed by atoms with Crippen LogP contribution in [0.4, 0.5) is 0 Å². The SMILES string of the molecule is O=C(CSc1nc2ccccc2s1)N/N=C/c1ccc(-c2ccc(C(=O)O)cc2)o1. The molecule has 4 rings (SSSR count). The van der Waals surface area contributed by atoms with Crippen LogP contribution >= 0.6 is 23.1 Å². The van der Waals surface area contributed by atoms with Gasteiger partial charge in [-0.3, -0.25) is 4.79 Å². The van der Waals surface area contributed by atoms with Crippen LogP contribution in [0.5, 0.6) is 0 Å². The smallest absolute Gasteiger partial charge is 0.335 e. The maximum atomic E-state index is 12.0. The van der Waals surface area contributed by atoms with Crippen LogP contribution in [0.1, 0.15) is 16.1 Å². The van der Waals surface area contributed by atoms with Crippen LogP contribution in [0.15, 0.2) is 74.5 Å². The van der Waals surface area contributed by atoms with Crippen LogP contribution in [-0.2, 0) is 4.79 Å². The van der Waals surface area contributed by atoms with Crippen molar-refractivity contribution in [2.45, 2.75) is 4.34 Å². The molecule has 0 aliphatic rings. The molecule has 0 saturated heterocycles. The molecule has 0 aliphatic carbocycles. The molecular formula is C21H15N3O4S2. The van der Waals surface area contributed by atoms with E-state index in [1.54, 1.807) is 35.6 Å². The molecule has 0 fully saturated rings. The third-order valence-corrected chi connectivity index (χ3v) is 6.20. The number of hydrazone groups is 1. The van der Waals surface area contributed by atoms with Gasteiger partial charge in [-0.25, -0.2) is 15.2 Å². The van der Waals surface area contributed by atoms with Gasteiger partial charge in [0, 0.05) is 5.56 Å². The molecule has 2 aromatic heterocycles. The highest BCUT2D eigenvalue weighted by molar-refractivity contribution is 8.01. The summed E-state index contributed by atoms with van der Waals surface area (Å²) in [6.45, 7) is 0. The Kier molecular flexibility index (Phi) is 5.92. The van der Waals surface area contributed by atoms with Crippen LogP contribution < -0.4 is 5.43 Å². The van der Waals surface area contributed by atoms with Gasteiger partial charge in [0.2, 0.25) is 0 Å². The lowest BCUT2D eigenvalue weighted by Crippen LogP contribution is -2.19. The quantitative estimate of drug-likeness (QED) is 0.251. The van der Waals surface area contributed by atoms with Gasteiger partial charge < -0.3 is 9.52 Å². The predicted molar refractivity (Wildman–Crippen MR) is 117 cm³/mol. The molecule has 4 aromatic rings. The Hall–Kier alpha value is -3.43. The normalized spacial score (nSPS) is 11.2. The maximum Gasteiger partial charge on any atom is 0.335 e. The molecule has 7 nitrogen and oxygen atoms in total. The Morgan fingerprint density at radius 3 is 2.70 bits per heavy atom. The molecule has 0 spiro atoms. The van der Waals surface area contributed by atoms with Crippen LogP contribution in [0, 0.1) is 0 Å². The van der Waals surface area contributed by atoms with Gasteiger partial charge in [0.1, 0.15) is 11.5 Å². The van der Waals surface area contributed by atoms with Gasteiger partial charge >= 0.3 is 5.97 Å². The number of para-hydroxylation sites is 1. The first-order valence-corrected chi connectivity index (χ1v) is 10.6. The van der Waals surface area contributed by atoms with Crippen LogP contribution in [0.25, 0.3) is 21.5 Å². The fourth-order valence-corrected chi connectivity index (χ4v) is 4.46. The summed E-state index contributed by atoms with van der Waals surface area (Å²) in [5.74, 6) is 0.0196. The number of carbonyl (C=O) groups excluding carboxylic acids is 1.